The molecule has 41 heavy (non-hydrogen) atoms. The van der Waals surface area contributed by atoms with Crippen molar-refractivity contribution in [2.75, 3.05) is 33.4 Å². The molecule has 0 N–H and O–H groups in total. The lowest BCUT2D eigenvalue weighted by Crippen LogP contribution is -2.47. The van der Waals surface area contributed by atoms with Gasteiger partial charge in [-0.1, -0.05) is 53.7 Å². The van der Waals surface area contributed by atoms with E-state index < -0.39 is 5.79 Å². The molecule has 212 valence electrons. The van der Waals surface area contributed by atoms with E-state index in [1.807, 2.05) is 53.4 Å². The van der Waals surface area contributed by atoms with Gasteiger partial charge in [-0.05, 0) is 42.0 Å². The fraction of sp³-hybridized carbons (Fsp3) is 0.323. The molecule has 0 saturated carbocycles. The van der Waals surface area contributed by atoms with Gasteiger partial charge in [0.05, 0.1) is 37.8 Å². The first-order chi connectivity index (χ1) is 19.9. The van der Waals surface area contributed by atoms with Gasteiger partial charge in [0.15, 0.2) is 10.9 Å². The molecule has 0 unspecified atom stereocenters. The van der Waals surface area contributed by atoms with Crippen LogP contribution in [0.15, 0.2) is 76.7 Å². The van der Waals surface area contributed by atoms with E-state index in [4.69, 9.17) is 30.8 Å². The molecule has 0 aliphatic carbocycles. The minimum Gasteiger partial charge on any atom is -0.496 e. The molecule has 3 aromatic carbocycles. The highest BCUT2D eigenvalue weighted by Gasteiger charge is 2.40. The summed E-state index contributed by atoms with van der Waals surface area (Å²) in [6, 6.07) is 20.4. The maximum absolute atomic E-state index is 13.9. The number of thioether (sulfide) groups is 1. The molecule has 10 heteroatoms. The maximum atomic E-state index is 13.9. The number of benzene rings is 3. The minimum absolute atomic E-state index is 0.0879. The Kier molecular flexibility index (Phi) is 8.03. The van der Waals surface area contributed by atoms with E-state index in [2.05, 4.69) is 0 Å². The minimum atomic E-state index is -0.551. The topological polar surface area (TPSA) is 82.9 Å². The van der Waals surface area contributed by atoms with Gasteiger partial charge >= 0.3 is 0 Å². The van der Waals surface area contributed by atoms with Crippen molar-refractivity contribution in [3.8, 4) is 5.75 Å². The average molecular weight is 592 g/mol. The number of nitrogens with zero attached hydrogens (tertiary/aromatic N) is 3. The molecule has 2 saturated heterocycles. The van der Waals surface area contributed by atoms with E-state index in [0.717, 1.165) is 11.1 Å². The Morgan fingerprint density at radius 2 is 1.78 bits per heavy atom. The number of para-hydroxylation sites is 1. The van der Waals surface area contributed by atoms with Gasteiger partial charge in [0.1, 0.15) is 5.75 Å². The van der Waals surface area contributed by atoms with Crippen LogP contribution >= 0.6 is 23.4 Å². The molecule has 0 bridgehead atoms. The van der Waals surface area contributed by atoms with E-state index in [-0.39, 0.29) is 11.5 Å². The highest BCUT2D eigenvalue weighted by molar-refractivity contribution is 7.98. The molecule has 8 nitrogen and oxygen atoms in total. The van der Waals surface area contributed by atoms with E-state index in [1.54, 1.807) is 29.9 Å². The summed E-state index contributed by atoms with van der Waals surface area (Å²) in [5.41, 5.74) is 2.75. The number of aromatic nitrogens is 2. The number of methoxy groups -OCH3 is 1. The predicted octanol–water partition coefficient (Wildman–Crippen LogP) is 5.38. The third kappa shape index (κ3) is 5.85. The summed E-state index contributed by atoms with van der Waals surface area (Å²) in [6.45, 7) is 2.59. The van der Waals surface area contributed by atoms with Crippen LogP contribution in [0, 0.1) is 0 Å². The molecule has 1 spiro atoms. The first kappa shape index (κ1) is 27.8. The van der Waals surface area contributed by atoms with E-state index in [1.165, 1.54) is 11.8 Å². The van der Waals surface area contributed by atoms with Crippen LogP contribution in [0.2, 0.25) is 5.02 Å². The van der Waals surface area contributed by atoms with Gasteiger partial charge in [0.2, 0.25) is 0 Å². The summed E-state index contributed by atoms with van der Waals surface area (Å²) in [4.78, 5) is 34.0. The van der Waals surface area contributed by atoms with Crippen molar-refractivity contribution in [1.29, 1.82) is 0 Å². The maximum Gasteiger partial charge on any atom is 0.262 e. The third-order valence-corrected chi connectivity index (χ3v) is 8.89. The van der Waals surface area contributed by atoms with Crippen LogP contribution < -0.4 is 10.3 Å². The molecule has 6 rings (SSSR count). The number of ether oxygens (including phenoxy) is 3. The van der Waals surface area contributed by atoms with Crippen LogP contribution in [0.25, 0.3) is 10.9 Å². The Bertz CT molecular complexity index is 1630. The Morgan fingerprint density at radius 3 is 2.51 bits per heavy atom. The number of amides is 1. The molecular formula is C31H30ClN3O5S. The summed E-state index contributed by atoms with van der Waals surface area (Å²) >= 11 is 7.53. The van der Waals surface area contributed by atoms with E-state index in [9.17, 15) is 9.59 Å². The Labute approximate surface area is 247 Å². The lowest BCUT2D eigenvalue weighted by Gasteiger charge is -2.37. The normalized spacial score (nSPS) is 16.4. The molecule has 2 aliphatic heterocycles. The number of rotatable bonds is 7. The second kappa shape index (κ2) is 11.9. The molecule has 1 aromatic heterocycles. The summed E-state index contributed by atoms with van der Waals surface area (Å²) in [7, 11) is 1.62. The molecule has 2 aliphatic rings. The standard InChI is InChI=1S/C31H30ClN3O5S/c1-38-27-5-3-2-4-23(27)19-35-29(37)25-11-8-22(28(36)34-14-12-31(13-15-34)39-16-17-40-31)18-26(25)33-30(35)41-20-21-6-9-24(32)10-7-21/h2-11,18H,12-17,19-20H2,1H3. The second-order valence-corrected chi connectivity index (χ2v) is 11.5. The van der Waals surface area contributed by atoms with E-state index >= 15 is 0 Å². The Hall–Kier alpha value is -3.37. The number of halogens is 1. The van der Waals surface area contributed by atoms with E-state index in [0.29, 0.717) is 83.8 Å². The number of likely N-dealkylation sites (tertiary alicyclic amines) is 1. The van der Waals surface area contributed by atoms with Gasteiger partial charge < -0.3 is 19.1 Å². The van der Waals surface area contributed by atoms with Gasteiger partial charge in [-0.2, -0.15) is 0 Å². The monoisotopic (exact) mass is 591 g/mol. The summed E-state index contributed by atoms with van der Waals surface area (Å²) in [6.07, 6.45) is 1.29. The number of carbonyl (C=O) groups excluding carboxylic acids is 1. The predicted molar refractivity (Wildman–Crippen MR) is 159 cm³/mol. The van der Waals surface area contributed by atoms with Crippen molar-refractivity contribution in [1.82, 2.24) is 14.5 Å². The van der Waals surface area contributed by atoms with Crippen LogP contribution in [0.4, 0.5) is 0 Å². The van der Waals surface area contributed by atoms with Gasteiger partial charge in [0, 0.05) is 47.8 Å². The number of hydrogen-bond acceptors (Lipinski definition) is 7. The van der Waals surface area contributed by atoms with Gasteiger partial charge in [-0.3, -0.25) is 14.2 Å². The quantitative estimate of drug-likeness (QED) is 0.211. The second-order valence-electron chi connectivity index (χ2n) is 10.1. The number of carbonyl (C=O) groups is 1. The fourth-order valence-electron chi connectivity index (χ4n) is 5.33. The van der Waals surface area contributed by atoms with Crippen LogP contribution in [-0.4, -0.2) is 59.6 Å². The smallest absolute Gasteiger partial charge is 0.262 e. The van der Waals surface area contributed by atoms with Gasteiger partial charge in [-0.25, -0.2) is 4.98 Å². The van der Waals surface area contributed by atoms with Crippen LogP contribution in [0.5, 0.6) is 5.75 Å². The number of piperidine rings is 1. The zero-order chi connectivity index (χ0) is 28.4. The summed E-state index contributed by atoms with van der Waals surface area (Å²) < 4.78 is 18.8. The summed E-state index contributed by atoms with van der Waals surface area (Å²) in [5, 5.41) is 1.68. The van der Waals surface area contributed by atoms with Crippen LogP contribution in [0.1, 0.15) is 34.3 Å². The van der Waals surface area contributed by atoms with Crippen molar-refractivity contribution in [3.05, 3.63) is 98.8 Å². The number of hydrogen-bond donors (Lipinski definition) is 0. The lowest BCUT2D eigenvalue weighted by molar-refractivity contribution is -0.181. The van der Waals surface area contributed by atoms with Crippen LogP contribution in [0.3, 0.4) is 0 Å². The van der Waals surface area contributed by atoms with Crippen molar-refractivity contribution in [2.45, 2.75) is 36.1 Å². The zero-order valence-corrected chi connectivity index (χ0v) is 24.2. The zero-order valence-electron chi connectivity index (χ0n) is 22.7. The van der Waals surface area contributed by atoms with Crippen molar-refractivity contribution < 1.29 is 19.0 Å². The van der Waals surface area contributed by atoms with Crippen LogP contribution in [-0.2, 0) is 21.8 Å². The lowest BCUT2D eigenvalue weighted by atomic mass is 10.0. The molecule has 2 fully saturated rings. The van der Waals surface area contributed by atoms with Crippen molar-refractivity contribution in [2.24, 2.45) is 0 Å². The van der Waals surface area contributed by atoms with Crippen molar-refractivity contribution in [3.63, 3.8) is 0 Å². The first-order valence-electron chi connectivity index (χ1n) is 13.6. The Balaban J connectivity index is 1.32. The largest absolute Gasteiger partial charge is 0.496 e. The molecule has 4 aromatic rings. The molecule has 3 heterocycles. The van der Waals surface area contributed by atoms with Crippen molar-refractivity contribution >= 4 is 40.2 Å². The SMILES string of the molecule is COc1ccccc1Cn1c(SCc2ccc(Cl)cc2)nc2cc(C(=O)N3CCC4(CC3)OCCO4)ccc2c1=O. The summed E-state index contributed by atoms with van der Waals surface area (Å²) in [5.74, 6) is 0.657. The third-order valence-electron chi connectivity index (χ3n) is 7.60. The molecular weight excluding hydrogens is 562 g/mol. The Morgan fingerprint density at radius 1 is 1.05 bits per heavy atom. The first-order valence-corrected chi connectivity index (χ1v) is 14.9. The highest BCUT2D eigenvalue weighted by Crippen LogP contribution is 2.32. The molecule has 0 atom stereocenters. The fourth-order valence-corrected chi connectivity index (χ4v) is 6.41. The number of fused-ring (bicyclic) bond motifs is 1. The average Bonchev–Trinajstić information content (AvgIpc) is 3.46. The van der Waals surface area contributed by atoms with Gasteiger partial charge in [0.25, 0.3) is 11.5 Å². The molecule has 0 radical (unpaired) electrons. The van der Waals surface area contributed by atoms with Gasteiger partial charge in [-0.15, -0.1) is 0 Å². The molecule has 1 amide bonds. The highest BCUT2D eigenvalue weighted by atomic mass is 35.5.